The molecule has 0 bridgehead atoms. The number of hydrogen-bond donors (Lipinski definition) is 2. The van der Waals surface area contributed by atoms with E-state index >= 15 is 0 Å². The van der Waals surface area contributed by atoms with Crippen molar-refractivity contribution in [3.8, 4) is 5.75 Å². The number of rotatable bonds is 5. The van der Waals surface area contributed by atoms with E-state index in [-0.39, 0.29) is 39.3 Å². The molecular weight excluding hydrogens is 391 g/mol. The number of carbonyl (C=O) groups excluding carboxylic acids is 1. The van der Waals surface area contributed by atoms with E-state index in [4.69, 9.17) is 4.74 Å². The molecule has 0 spiro atoms. The van der Waals surface area contributed by atoms with Crippen molar-refractivity contribution in [2.75, 3.05) is 11.9 Å². The molecule has 0 aromatic heterocycles. The summed E-state index contributed by atoms with van der Waals surface area (Å²) in [5.74, 6) is 0.0965. The number of amides is 1. The van der Waals surface area contributed by atoms with Gasteiger partial charge >= 0.3 is 0 Å². The van der Waals surface area contributed by atoms with Crippen LogP contribution in [0.15, 0.2) is 42.5 Å². The standard InChI is InChI=1S/C18H20NO3.C2H6.Y/c1-13-4-8-15(9-5-13)19-17(20)18(3,21)12-22-16-10-6-14(2)7-11-16;1-2;/h4,6-11,21H,12H2,1-3H3,(H,19,20);1-2H3;/q-1;;/t18-;;/m0../s1. The van der Waals surface area contributed by atoms with Gasteiger partial charge in [-0.3, -0.25) is 4.79 Å². The smallest absolute Gasteiger partial charge is 0.248 e. The van der Waals surface area contributed by atoms with Crippen LogP contribution < -0.4 is 10.1 Å². The van der Waals surface area contributed by atoms with Gasteiger partial charge in [-0.1, -0.05) is 44.2 Å². The van der Waals surface area contributed by atoms with Crippen molar-refractivity contribution < 1.29 is 47.3 Å². The molecular formula is C20H26NO3Y-. The van der Waals surface area contributed by atoms with Crippen LogP contribution in [0.3, 0.4) is 0 Å². The van der Waals surface area contributed by atoms with Crippen molar-refractivity contribution in [3.63, 3.8) is 0 Å². The van der Waals surface area contributed by atoms with Crippen molar-refractivity contribution in [2.45, 2.75) is 40.2 Å². The molecule has 133 valence electrons. The first-order chi connectivity index (χ1) is 11.4. The molecule has 1 amide bonds. The first-order valence-electron chi connectivity index (χ1n) is 8.08. The number of benzene rings is 2. The number of ether oxygens (including phenoxy) is 1. The zero-order valence-corrected chi connectivity index (χ0v) is 18.4. The monoisotopic (exact) mass is 417 g/mol. The van der Waals surface area contributed by atoms with Gasteiger partial charge in [-0.25, -0.2) is 0 Å². The summed E-state index contributed by atoms with van der Waals surface area (Å²) in [7, 11) is 0. The number of carbonyl (C=O) groups is 1. The molecule has 0 saturated heterocycles. The normalized spacial score (nSPS) is 11.9. The van der Waals surface area contributed by atoms with E-state index in [1.807, 2.05) is 45.9 Å². The minimum Gasteiger partial charge on any atom is -0.490 e. The van der Waals surface area contributed by atoms with Gasteiger partial charge < -0.3 is 15.2 Å². The average molecular weight is 417 g/mol. The summed E-state index contributed by atoms with van der Waals surface area (Å²) < 4.78 is 5.49. The van der Waals surface area contributed by atoms with Crippen LogP contribution in [0.25, 0.3) is 0 Å². The maximum Gasteiger partial charge on any atom is 0.248 e. The van der Waals surface area contributed by atoms with Gasteiger partial charge in [-0.05, 0) is 26.0 Å². The van der Waals surface area contributed by atoms with Crippen LogP contribution in [0, 0.1) is 19.9 Å². The number of aliphatic hydroxyl groups is 1. The molecule has 2 rings (SSSR count). The molecule has 0 saturated carbocycles. The van der Waals surface area contributed by atoms with E-state index < -0.39 is 11.5 Å². The van der Waals surface area contributed by atoms with E-state index in [0.29, 0.717) is 11.4 Å². The molecule has 0 heterocycles. The third kappa shape index (κ3) is 8.13. The van der Waals surface area contributed by atoms with Crippen LogP contribution in [-0.4, -0.2) is 23.2 Å². The summed E-state index contributed by atoms with van der Waals surface area (Å²) in [6.45, 7) is 9.19. The molecule has 1 radical (unpaired) electrons. The van der Waals surface area contributed by atoms with Crippen LogP contribution in [0.5, 0.6) is 5.75 Å². The Morgan fingerprint density at radius 3 is 2.28 bits per heavy atom. The molecule has 2 aromatic carbocycles. The van der Waals surface area contributed by atoms with Gasteiger partial charge in [0.2, 0.25) is 5.91 Å². The van der Waals surface area contributed by atoms with Crippen LogP contribution >= 0.6 is 0 Å². The van der Waals surface area contributed by atoms with E-state index in [2.05, 4.69) is 11.4 Å². The predicted molar refractivity (Wildman–Crippen MR) is 97.3 cm³/mol. The first-order valence-corrected chi connectivity index (χ1v) is 8.08. The van der Waals surface area contributed by atoms with Crippen LogP contribution in [0.1, 0.15) is 31.9 Å². The van der Waals surface area contributed by atoms with E-state index in [1.165, 1.54) is 6.92 Å². The molecule has 0 aliphatic rings. The Morgan fingerprint density at radius 1 is 1.16 bits per heavy atom. The molecule has 0 fully saturated rings. The second-order valence-electron chi connectivity index (χ2n) is 5.59. The second-order valence-corrected chi connectivity index (χ2v) is 5.59. The molecule has 0 unspecified atom stereocenters. The maximum absolute atomic E-state index is 12.1. The number of anilines is 1. The Morgan fingerprint density at radius 2 is 1.76 bits per heavy atom. The Labute approximate surface area is 175 Å². The zero-order valence-electron chi connectivity index (χ0n) is 15.6. The third-order valence-electron chi connectivity index (χ3n) is 3.26. The van der Waals surface area contributed by atoms with Crippen molar-refractivity contribution in [2.24, 2.45) is 0 Å². The second kappa shape index (κ2) is 11.4. The molecule has 0 aliphatic heterocycles. The Balaban J connectivity index is 0.00000185. The number of aryl methyl sites for hydroxylation is 2. The fourth-order valence-corrected chi connectivity index (χ4v) is 1.77. The first kappa shape index (κ1) is 23.8. The van der Waals surface area contributed by atoms with Gasteiger partial charge in [-0.15, -0.1) is 6.07 Å². The van der Waals surface area contributed by atoms with E-state index in [9.17, 15) is 9.90 Å². The molecule has 2 N–H and O–H groups in total. The SMILES string of the molecule is CC.Cc1[c-]cc(NC(=O)[C@@](C)(O)COc2ccc(C)cc2)cc1.[Y]. The van der Waals surface area contributed by atoms with Gasteiger partial charge in [0.1, 0.15) is 12.4 Å². The average Bonchev–Trinajstić information content (AvgIpc) is 2.58. The zero-order chi connectivity index (χ0) is 18.2. The van der Waals surface area contributed by atoms with Gasteiger partial charge in [-0.2, -0.15) is 23.8 Å². The van der Waals surface area contributed by atoms with Crippen LogP contribution in [0.2, 0.25) is 0 Å². The minimum absolute atomic E-state index is 0. The molecule has 2 aromatic rings. The molecule has 1 atom stereocenters. The van der Waals surface area contributed by atoms with Crippen molar-refractivity contribution in [1.82, 2.24) is 0 Å². The summed E-state index contributed by atoms with van der Waals surface area (Å²) in [6, 6.07) is 15.7. The van der Waals surface area contributed by atoms with Crippen LogP contribution in [-0.2, 0) is 37.5 Å². The predicted octanol–water partition coefficient (Wildman–Crippen LogP) is 3.90. The molecule has 25 heavy (non-hydrogen) atoms. The van der Waals surface area contributed by atoms with E-state index in [0.717, 1.165) is 11.1 Å². The largest absolute Gasteiger partial charge is 0.490 e. The summed E-state index contributed by atoms with van der Waals surface area (Å²) >= 11 is 0. The van der Waals surface area contributed by atoms with Crippen molar-refractivity contribution >= 4 is 11.6 Å². The van der Waals surface area contributed by atoms with Crippen molar-refractivity contribution in [3.05, 3.63) is 59.7 Å². The van der Waals surface area contributed by atoms with Crippen LogP contribution in [0.4, 0.5) is 5.69 Å². The van der Waals surface area contributed by atoms with E-state index in [1.54, 1.807) is 24.3 Å². The quantitative estimate of drug-likeness (QED) is 0.726. The third-order valence-corrected chi connectivity index (χ3v) is 3.26. The summed E-state index contributed by atoms with van der Waals surface area (Å²) in [5.41, 5.74) is 1.06. The number of nitrogens with one attached hydrogen (secondary N) is 1. The fraction of sp³-hybridized carbons (Fsp3) is 0.350. The molecule has 4 nitrogen and oxygen atoms in total. The summed E-state index contributed by atoms with van der Waals surface area (Å²) in [4.78, 5) is 12.1. The maximum atomic E-state index is 12.1. The molecule has 5 heteroatoms. The fourth-order valence-electron chi connectivity index (χ4n) is 1.77. The topological polar surface area (TPSA) is 58.6 Å². The Hall–Kier alpha value is -1.23. The number of hydrogen-bond acceptors (Lipinski definition) is 3. The summed E-state index contributed by atoms with van der Waals surface area (Å²) in [6.07, 6.45) is 0. The van der Waals surface area contributed by atoms with Gasteiger partial charge in [0.05, 0.1) is 0 Å². The van der Waals surface area contributed by atoms with Gasteiger partial charge in [0.25, 0.3) is 0 Å². The Kier molecular flexibility index (Phi) is 10.8. The summed E-state index contributed by atoms with van der Waals surface area (Å²) in [5, 5.41) is 12.9. The Bertz CT molecular complexity index is 637. The van der Waals surface area contributed by atoms with Gasteiger partial charge in [0.15, 0.2) is 5.60 Å². The minimum atomic E-state index is -1.63. The van der Waals surface area contributed by atoms with Gasteiger partial charge in [0, 0.05) is 32.7 Å². The van der Waals surface area contributed by atoms with Crippen molar-refractivity contribution in [1.29, 1.82) is 0 Å². The molecule has 0 aliphatic carbocycles.